The number of ether oxygens (including phenoxy) is 1. The number of nitro benzene ring substituents is 1. The summed E-state index contributed by atoms with van der Waals surface area (Å²) < 4.78 is 6.87. The number of nitrogens with zero attached hydrogens (tertiary/aromatic N) is 4. The average molecular weight is 390 g/mol. The second-order valence-corrected chi connectivity index (χ2v) is 7.14. The number of esters is 1. The topological polar surface area (TPSA) is 117 Å². The Labute approximate surface area is 159 Å². The molecule has 0 aliphatic heterocycles. The lowest BCUT2D eigenvalue weighted by atomic mass is 10.2. The summed E-state index contributed by atoms with van der Waals surface area (Å²) in [7, 11) is 0. The number of ketones is 1. The van der Waals surface area contributed by atoms with Crippen molar-refractivity contribution in [1.29, 1.82) is 0 Å². The van der Waals surface area contributed by atoms with Gasteiger partial charge >= 0.3 is 5.97 Å². The highest BCUT2D eigenvalue weighted by atomic mass is 32.2. The molecule has 1 heterocycles. The first-order valence-electron chi connectivity index (χ1n) is 8.45. The van der Waals surface area contributed by atoms with Crippen molar-refractivity contribution in [2.24, 2.45) is 0 Å². The molecule has 0 saturated heterocycles. The molecule has 0 N–H and O–H groups in total. The maximum absolute atomic E-state index is 12.1. The highest BCUT2D eigenvalue weighted by Crippen LogP contribution is 2.42. The highest BCUT2D eigenvalue weighted by molar-refractivity contribution is 8.01. The van der Waals surface area contributed by atoms with Gasteiger partial charge in [-0.3, -0.25) is 24.3 Å². The lowest BCUT2D eigenvalue weighted by Crippen LogP contribution is -2.27. The van der Waals surface area contributed by atoms with Crippen LogP contribution in [0.25, 0.3) is 11.4 Å². The Kier molecular flexibility index (Phi) is 5.54. The maximum atomic E-state index is 12.1. The van der Waals surface area contributed by atoms with Crippen LogP contribution in [0.15, 0.2) is 29.4 Å². The van der Waals surface area contributed by atoms with Gasteiger partial charge in [-0.15, -0.1) is 10.2 Å². The molecule has 27 heavy (non-hydrogen) atoms. The number of carbonyl (C=O) groups excluding carboxylic acids is 2. The van der Waals surface area contributed by atoms with E-state index in [2.05, 4.69) is 10.2 Å². The summed E-state index contributed by atoms with van der Waals surface area (Å²) in [5.41, 5.74) is 0.673. The van der Waals surface area contributed by atoms with Crippen molar-refractivity contribution in [2.45, 2.75) is 43.1 Å². The first-order chi connectivity index (χ1) is 12.9. The van der Waals surface area contributed by atoms with E-state index < -0.39 is 16.1 Å². The van der Waals surface area contributed by atoms with E-state index in [1.54, 1.807) is 19.1 Å². The highest BCUT2D eigenvalue weighted by Gasteiger charge is 2.34. The number of hydrogen-bond donors (Lipinski definition) is 0. The van der Waals surface area contributed by atoms with Gasteiger partial charge in [-0.1, -0.05) is 11.8 Å². The van der Waals surface area contributed by atoms with Gasteiger partial charge in [-0.25, -0.2) is 0 Å². The van der Waals surface area contributed by atoms with Crippen molar-refractivity contribution >= 4 is 29.2 Å². The molecule has 1 aromatic heterocycles. The Balaban J connectivity index is 1.92. The molecular formula is C17H18N4O5S. The van der Waals surface area contributed by atoms with E-state index in [9.17, 15) is 19.7 Å². The number of aromatic nitrogens is 3. The van der Waals surface area contributed by atoms with Crippen molar-refractivity contribution in [2.75, 3.05) is 6.61 Å². The molecule has 2 aromatic rings. The molecule has 10 heteroatoms. The lowest BCUT2D eigenvalue weighted by molar-refractivity contribution is -0.384. The van der Waals surface area contributed by atoms with E-state index in [1.165, 1.54) is 19.1 Å². The van der Waals surface area contributed by atoms with Crippen LogP contribution in [0.1, 0.15) is 32.7 Å². The fraction of sp³-hybridized carbons (Fsp3) is 0.412. The normalized spacial score (nSPS) is 14.6. The summed E-state index contributed by atoms with van der Waals surface area (Å²) >= 11 is 1.02. The summed E-state index contributed by atoms with van der Waals surface area (Å²) in [5.74, 6) is -0.362. The molecule has 9 nitrogen and oxygen atoms in total. The Morgan fingerprint density at radius 3 is 2.52 bits per heavy atom. The SMILES string of the molecule is CCOC(=O)C(Sc1nnc(-c2ccc([N+](=O)[O-])cc2)n1C1CC1)C(C)=O. The van der Waals surface area contributed by atoms with Crippen LogP contribution in [0.3, 0.4) is 0 Å². The third-order valence-corrected chi connectivity index (χ3v) is 5.26. The second kappa shape index (κ2) is 7.87. The average Bonchev–Trinajstić information content (AvgIpc) is 3.39. The van der Waals surface area contributed by atoms with E-state index in [1.807, 2.05) is 4.57 Å². The number of hydrogen-bond acceptors (Lipinski definition) is 8. The minimum atomic E-state index is -1.00. The van der Waals surface area contributed by atoms with Gasteiger partial charge in [0, 0.05) is 23.7 Å². The largest absolute Gasteiger partial charge is 0.465 e. The van der Waals surface area contributed by atoms with Crippen molar-refractivity contribution < 1.29 is 19.2 Å². The van der Waals surface area contributed by atoms with Crippen molar-refractivity contribution in [1.82, 2.24) is 14.8 Å². The van der Waals surface area contributed by atoms with Gasteiger partial charge in [-0.05, 0) is 38.8 Å². The van der Waals surface area contributed by atoms with Gasteiger partial charge in [0.1, 0.15) is 0 Å². The van der Waals surface area contributed by atoms with Gasteiger partial charge < -0.3 is 4.74 Å². The fourth-order valence-electron chi connectivity index (χ4n) is 2.57. The van der Waals surface area contributed by atoms with Gasteiger partial charge in [0.25, 0.3) is 5.69 Å². The molecule has 1 atom stereocenters. The number of non-ortho nitro benzene ring substituents is 1. The number of rotatable bonds is 8. The number of Topliss-reactive ketones (excluding diaryl/α,β-unsaturated/α-hetero) is 1. The standard InChI is InChI=1S/C17H18N4O5S/c1-3-26-16(23)14(10(2)22)27-17-19-18-15(20(17)12-8-9-12)11-4-6-13(7-5-11)21(24)25/h4-7,12,14H,3,8-9H2,1-2H3. The van der Waals surface area contributed by atoms with Crippen LogP contribution >= 0.6 is 11.8 Å². The molecule has 1 aliphatic carbocycles. The zero-order valence-corrected chi connectivity index (χ0v) is 15.6. The number of nitro groups is 1. The predicted octanol–water partition coefficient (Wildman–Crippen LogP) is 2.80. The van der Waals surface area contributed by atoms with Gasteiger partial charge in [-0.2, -0.15) is 0 Å². The number of thioether (sulfide) groups is 1. The van der Waals surface area contributed by atoms with Crippen LogP contribution in [0.2, 0.25) is 0 Å². The quantitative estimate of drug-likeness (QED) is 0.222. The zero-order valence-electron chi connectivity index (χ0n) is 14.8. The molecule has 142 valence electrons. The Morgan fingerprint density at radius 2 is 2.00 bits per heavy atom. The van der Waals surface area contributed by atoms with Crippen LogP contribution in [-0.2, 0) is 14.3 Å². The smallest absolute Gasteiger partial charge is 0.327 e. The maximum Gasteiger partial charge on any atom is 0.327 e. The van der Waals surface area contributed by atoms with E-state index in [-0.39, 0.29) is 24.1 Å². The molecule has 1 aromatic carbocycles. The van der Waals surface area contributed by atoms with E-state index in [4.69, 9.17) is 4.74 Å². The second-order valence-electron chi connectivity index (χ2n) is 6.07. The lowest BCUT2D eigenvalue weighted by Gasteiger charge is -2.13. The molecule has 0 spiro atoms. The molecule has 1 fully saturated rings. The van der Waals surface area contributed by atoms with Crippen LogP contribution in [0.4, 0.5) is 5.69 Å². The van der Waals surface area contributed by atoms with Crippen LogP contribution in [0.5, 0.6) is 0 Å². The monoisotopic (exact) mass is 390 g/mol. The minimum Gasteiger partial charge on any atom is -0.465 e. The predicted molar refractivity (Wildman–Crippen MR) is 97.3 cm³/mol. The summed E-state index contributed by atoms with van der Waals surface area (Å²) in [6.45, 7) is 3.20. The van der Waals surface area contributed by atoms with Gasteiger partial charge in [0.2, 0.25) is 0 Å². The molecule has 1 saturated carbocycles. The van der Waals surface area contributed by atoms with Crippen molar-refractivity contribution in [3.05, 3.63) is 34.4 Å². The van der Waals surface area contributed by atoms with Crippen LogP contribution in [-0.4, -0.2) is 43.3 Å². The first-order valence-corrected chi connectivity index (χ1v) is 9.33. The molecule has 0 amide bonds. The molecule has 3 rings (SSSR count). The fourth-order valence-corrected chi connectivity index (χ4v) is 3.55. The third-order valence-electron chi connectivity index (χ3n) is 4.01. The molecule has 0 radical (unpaired) electrons. The zero-order chi connectivity index (χ0) is 19.6. The Hall–Kier alpha value is -2.75. The molecule has 1 aliphatic rings. The van der Waals surface area contributed by atoms with E-state index in [0.717, 1.165) is 24.6 Å². The molecular weight excluding hydrogens is 372 g/mol. The number of carbonyl (C=O) groups is 2. The Morgan fingerprint density at radius 1 is 1.33 bits per heavy atom. The summed E-state index contributed by atoms with van der Waals surface area (Å²) in [4.78, 5) is 34.3. The third kappa shape index (κ3) is 4.16. The van der Waals surface area contributed by atoms with Gasteiger partial charge in [0.15, 0.2) is 22.0 Å². The van der Waals surface area contributed by atoms with Crippen LogP contribution < -0.4 is 0 Å². The summed E-state index contributed by atoms with van der Waals surface area (Å²) in [5, 5.41) is 18.6. The van der Waals surface area contributed by atoms with Crippen molar-refractivity contribution in [3.63, 3.8) is 0 Å². The van der Waals surface area contributed by atoms with Crippen molar-refractivity contribution in [3.8, 4) is 11.4 Å². The van der Waals surface area contributed by atoms with E-state index >= 15 is 0 Å². The number of benzene rings is 1. The van der Waals surface area contributed by atoms with Crippen LogP contribution in [0, 0.1) is 10.1 Å². The molecule has 1 unspecified atom stereocenters. The first kappa shape index (κ1) is 19.0. The summed E-state index contributed by atoms with van der Waals surface area (Å²) in [6.07, 6.45) is 1.88. The minimum absolute atomic E-state index is 0.00945. The molecule has 0 bridgehead atoms. The van der Waals surface area contributed by atoms with Gasteiger partial charge in [0.05, 0.1) is 11.5 Å². The van der Waals surface area contributed by atoms with E-state index in [0.29, 0.717) is 16.5 Å². The summed E-state index contributed by atoms with van der Waals surface area (Å²) in [6, 6.07) is 6.23. The Bertz CT molecular complexity index is 876.